The number of hydrogen-bond donors (Lipinski definition) is 1. The van der Waals surface area contributed by atoms with Crippen molar-refractivity contribution in [3.05, 3.63) is 0 Å². The maximum atomic E-state index is 12.7. The van der Waals surface area contributed by atoms with E-state index in [0.29, 0.717) is 0 Å². The van der Waals surface area contributed by atoms with Crippen LogP contribution in [0.4, 0.5) is 0 Å². The molecule has 1 aliphatic rings. The molecule has 1 aliphatic heterocycles. The zero-order valence-electron chi connectivity index (χ0n) is 13.4. The van der Waals surface area contributed by atoms with Crippen molar-refractivity contribution in [2.24, 2.45) is 11.8 Å². The highest BCUT2D eigenvalue weighted by Crippen LogP contribution is 2.45. The molecule has 0 bridgehead atoms. The Morgan fingerprint density at radius 3 is 1.92 bits per heavy atom. The van der Waals surface area contributed by atoms with Crippen LogP contribution in [0.2, 0.25) is 0 Å². The number of carbonyl (C=O) groups is 2. The summed E-state index contributed by atoms with van der Waals surface area (Å²) in [7, 11) is 2.65. The van der Waals surface area contributed by atoms with Crippen molar-refractivity contribution >= 4 is 81.4 Å². The Hall–Kier alpha value is 0.640. The lowest BCUT2D eigenvalue weighted by molar-refractivity contribution is -0.205. The van der Waals surface area contributed by atoms with E-state index >= 15 is 0 Å². The summed E-state index contributed by atoms with van der Waals surface area (Å²) in [5.41, 5.74) is -2.29. The predicted octanol–water partition coefficient (Wildman–Crippen LogP) is 3.38. The van der Waals surface area contributed by atoms with Crippen molar-refractivity contribution in [1.29, 1.82) is 0 Å². The predicted molar refractivity (Wildman–Crippen MR) is 97.8 cm³/mol. The van der Waals surface area contributed by atoms with E-state index in [2.05, 4.69) is 0 Å². The van der Waals surface area contributed by atoms with E-state index in [4.69, 9.17) is 69.6 Å². The highest BCUT2D eigenvalue weighted by Gasteiger charge is 2.60. The Balaban J connectivity index is 3.20. The number of amides is 2. The van der Waals surface area contributed by atoms with Crippen LogP contribution in [0.25, 0.3) is 0 Å². The van der Waals surface area contributed by atoms with Gasteiger partial charge in [0.05, 0.1) is 5.92 Å². The molecule has 4 atom stereocenters. The fraction of sp³-hybridized carbons (Fsp3) is 0.846. The number of aliphatic hydroxyl groups is 1. The molecule has 1 saturated heterocycles. The first kappa shape index (κ1) is 22.7. The summed E-state index contributed by atoms with van der Waals surface area (Å²) < 4.78 is -3.56. The molecule has 0 aromatic rings. The Morgan fingerprint density at radius 2 is 1.54 bits per heavy atom. The Kier molecular flexibility index (Phi) is 6.93. The number of piperazine rings is 1. The van der Waals surface area contributed by atoms with E-state index in [1.165, 1.54) is 21.0 Å². The molecule has 1 fully saturated rings. The molecule has 0 aliphatic carbocycles. The molecule has 0 aromatic carbocycles. The largest absolute Gasteiger partial charge is 0.363 e. The molecule has 140 valence electrons. The second-order valence-corrected chi connectivity index (χ2v) is 10.7. The number of carbonyl (C=O) groups excluding carboxylic acids is 2. The molecule has 0 radical (unpaired) electrons. The second kappa shape index (κ2) is 7.34. The monoisotopic (exact) mass is 460 g/mol. The molecule has 0 aromatic heterocycles. The third-order valence-electron chi connectivity index (χ3n) is 4.46. The quantitative estimate of drug-likeness (QED) is 0.654. The molecule has 1 unspecified atom stereocenters. The minimum absolute atomic E-state index is 0.0974. The molecule has 0 spiro atoms. The van der Waals surface area contributed by atoms with Gasteiger partial charge in [-0.2, -0.15) is 0 Å². The lowest BCUT2D eigenvalue weighted by Gasteiger charge is -2.51. The van der Waals surface area contributed by atoms with Crippen molar-refractivity contribution in [3.63, 3.8) is 0 Å². The second-order valence-electron chi connectivity index (χ2n) is 6.00. The Labute approximate surface area is 171 Å². The van der Waals surface area contributed by atoms with Crippen LogP contribution in [0.3, 0.4) is 0 Å². The Bertz CT molecular complexity index is 517. The van der Waals surface area contributed by atoms with Crippen molar-refractivity contribution in [2.45, 2.75) is 39.6 Å². The zero-order valence-corrected chi connectivity index (χ0v) is 17.9. The molecule has 5 nitrogen and oxygen atoms in total. The van der Waals surface area contributed by atoms with Gasteiger partial charge in [-0.15, -0.1) is 0 Å². The number of likely N-dealkylation sites (N-methyl/N-ethyl adjacent to an activating group) is 2. The maximum Gasteiger partial charge on any atom is 0.276 e. The van der Waals surface area contributed by atoms with E-state index in [1.54, 1.807) is 6.92 Å². The SMILES string of the molecule is C[C@H](C(Cl)(Cl)Cl)C1(O)C(=O)N(C)[C@@H](C[C@H](C)C(Cl)(Cl)Cl)C(=O)N1C. The normalized spacial score (nSPS) is 29.0. The van der Waals surface area contributed by atoms with Crippen LogP contribution in [0.5, 0.6) is 0 Å². The topological polar surface area (TPSA) is 60.9 Å². The first-order valence-electron chi connectivity index (χ1n) is 6.97. The summed E-state index contributed by atoms with van der Waals surface area (Å²) in [5, 5.41) is 10.8. The molecular formula is C13H18Cl6N2O3. The smallest absolute Gasteiger partial charge is 0.276 e. The van der Waals surface area contributed by atoms with Crippen LogP contribution in [0, 0.1) is 11.8 Å². The van der Waals surface area contributed by atoms with E-state index in [1.807, 2.05) is 0 Å². The minimum atomic E-state index is -2.29. The average Bonchev–Trinajstić information content (AvgIpc) is 2.44. The van der Waals surface area contributed by atoms with Gasteiger partial charge in [-0.25, -0.2) is 0 Å². The summed E-state index contributed by atoms with van der Waals surface area (Å²) in [6.45, 7) is 3.01. The van der Waals surface area contributed by atoms with Crippen LogP contribution >= 0.6 is 69.6 Å². The van der Waals surface area contributed by atoms with Crippen LogP contribution in [-0.2, 0) is 9.59 Å². The van der Waals surface area contributed by atoms with Gasteiger partial charge in [0.15, 0.2) is 7.59 Å². The lowest BCUT2D eigenvalue weighted by atomic mass is 9.89. The maximum absolute atomic E-state index is 12.7. The molecule has 11 heteroatoms. The van der Waals surface area contributed by atoms with Crippen molar-refractivity contribution < 1.29 is 14.7 Å². The summed E-state index contributed by atoms with van der Waals surface area (Å²) in [6, 6.07) is -0.907. The Morgan fingerprint density at radius 1 is 1.08 bits per heavy atom. The highest BCUT2D eigenvalue weighted by molar-refractivity contribution is 6.68. The third-order valence-corrected chi connectivity index (χ3v) is 6.56. The number of hydrogen-bond acceptors (Lipinski definition) is 3. The minimum Gasteiger partial charge on any atom is -0.363 e. The number of nitrogens with zero attached hydrogens (tertiary/aromatic N) is 2. The highest BCUT2D eigenvalue weighted by atomic mass is 35.6. The molecule has 1 N–H and O–H groups in total. The first-order valence-corrected chi connectivity index (χ1v) is 9.23. The molecule has 2 amide bonds. The third kappa shape index (κ3) is 4.13. The van der Waals surface area contributed by atoms with Gasteiger partial charge in [0, 0.05) is 20.0 Å². The zero-order chi connectivity index (χ0) is 19.2. The fourth-order valence-electron chi connectivity index (χ4n) is 2.53. The summed E-state index contributed by atoms with van der Waals surface area (Å²) >= 11 is 35.0. The van der Waals surface area contributed by atoms with Gasteiger partial charge in [-0.05, 0) is 6.42 Å². The molecule has 0 saturated carbocycles. The van der Waals surface area contributed by atoms with Gasteiger partial charge in [0.25, 0.3) is 5.91 Å². The van der Waals surface area contributed by atoms with Crippen LogP contribution in [0.15, 0.2) is 0 Å². The van der Waals surface area contributed by atoms with Crippen LogP contribution in [0.1, 0.15) is 20.3 Å². The van der Waals surface area contributed by atoms with E-state index in [-0.39, 0.29) is 6.42 Å². The van der Waals surface area contributed by atoms with Gasteiger partial charge in [-0.3, -0.25) is 9.59 Å². The van der Waals surface area contributed by atoms with Gasteiger partial charge in [0.1, 0.15) is 6.04 Å². The van der Waals surface area contributed by atoms with Gasteiger partial charge < -0.3 is 14.9 Å². The molecule has 24 heavy (non-hydrogen) atoms. The van der Waals surface area contributed by atoms with Gasteiger partial charge >= 0.3 is 0 Å². The summed E-state index contributed by atoms with van der Waals surface area (Å²) in [4.78, 5) is 27.4. The number of rotatable bonds is 3. The van der Waals surface area contributed by atoms with E-state index in [0.717, 1.165) is 9.80 Å². The van der Waals surface area contributed by atoms with Crippen molar-refractivity contribution in [2.75, 3.05) is 14.1 Å². The number of alkyl halides is 6. The number of halogens is 6. The van der Waals surface area contributed by atoms with E-state index in [9.17, 15) is 14.7 Å². The van der Waals surface area contributed by atoms with Crippen LogP contribution < -0.4 is 0 Å². The average molecular weight is 463 g/mol. The summed E-state index contributed by atoms with van der Waals surface area (Å²) in [5.74, 6) is -3.01. The van der Waals surface area contributed by atoms with Crippen LogP contribution in [-0.4, -0.2) is 60.2 Å². The lowest BCUT2D eigenvalue weighted by Crippen LogP contribution is -2.73. The van der Waals surface area contributed by atoms with Gasteiger partial charge in [-0.1, -0.05) is 83.5 Å². The molecule has 1 rings (SSSR count). The molecule has 1 heterocycles. The van der Waals surface area contributed by atoms with Crippen molar-refractivity contribution in [3.8, 4) is 0 Å². The standard InChI is InChI=1S/C13H18Cl6N2O3/c1-6(12(14,15)16)5-8-9(22)21(4)11(24,10(23)20(8)3)7(2)13(17,18)19/h6-8,24H,5H2,1-4H3/t6-,7-,8-,11?/m0/s1. The first-order chi connectivity index (χ1) is 10.6. The van der Waals surface area contributed by atoms with Crippen molar-refractivity contribution in [1.82, 2.24) is 9.80 Å². The molecular weight excluding hydrogens is 445 g/mol. The van der Waals surface area contributed by atoms with Gasteiger partial charge in [0.2, 0.25) is 11.6 Å². The summed E-state index contributed by atoms with van der Waals surface area (Å²) in [6.07, 6.45) is 0.0974. The fourth-order valence-corrected chi connectivity index (χ4v) is 3.26. The van der Waals surface area contributed by atoms with E-state index < -0.39 is 43.0 Å².